The van der Waals surface area contributed by atoms with Crippen molar-refractivity contribution in [1.82, 2.24) is 20.0 Å². The predicted molar refractivity (Wildman–Crippen MR) is 80.1 cm³/mol. The molecule has 0 bridgehead atoms. The molecule has 1 aromatic heterocycles. The van der Waals surface area contributed by atoms with Gasteiger partial charge in [0.05, 0.1) is 0 Å². The maximum atomic E-state index is 12.3. The topological polar surface area (TPSA) is 50.2 Å². The van der Waals surface area contributed by atoms with Gasteiger partial charge in [0.25, 0.3) is 0 Å². The number of halogens is 2. The quantitative estimate of drug-likeness (QED) is 0.901. The predicted octanol–water partition coefficient (Wildman–Crippen LogP) is 1.50. The van der Waals surface area contributed by atoms with Gasteiger partial charge in [0, 0.05) is 37.6 Å². The van der Waals surface area contributed by atoms with E-state index in [0.717, 1.165) is 13.1 Å². The number of carbonyl (C=O) groups excluding carboxylic acids is 1. The zero-order valence-corrected chi connectivity index (χ0v) is 13.1. The summed E-state index contributed by atoms with van der Waals surface area (Å²) in [7, 11) is 0. The number of hydrogen-bond acceptors (Lipinski definition) is 3. The highest BCUT2D eigenvalue weighted by molar-refractivity contribution is 5.85. The lowest BCUT2D eigenvalue weighted by atomic mass is 10.1. The van der Waals surface area contributed by atoms with Crippen molar-refractivity contribution in [3.05, 3.63) is 18.5 Å². The molecular weight excluding hydrogens is 287 g/mol. The van der Waals surface area contributed by atoms with Crippen molar-refractivity contribution in [2.24, 2.45) is 0 Å². The van der Waals surface area contributed by atoms with E-state index in [4.69, 9.17) is 0 Å². The molecule has 0 radical (unpaired) electrons. The van der Waals surface area contributed by atoms with Crippen molar-refractivity contribution in [2.45, 2.75) is 38.9 Å². The zero-order valence-electron chi connectivity index (χ0n) is 11.4. The summed E-state index contributed by atoms with van der Waals surface area (Å²) in [5.74, 6) is 0.147. The molecule has 2 heterocycles. The normalized spacial score (nSPS) is 24.1. The van der Waals surface area contributed by atoms with Gasteiger partial charge in [-0.05, 0) is 26.8 Å². The Kier molecular flexibility index (Phi) is 7.41. The fourth-order valence-electron chi connectivity index (χ4n) is 2.39. The molecule has 0 aromatic carbocycles. The standard InChI is InChI=1S/C12H20N4O.2ClH/c1-9-7-15(8-10(2)14-9)12(17)11(3)16-6-4-5-13-16;;/h4-6,9-11,14H,7-8H2,1-3H3;2*1H. The van der Waals surface area contributed by atoms with Crippen molar-refractivity contribution >= 4 is 30.7 Å². The highest BCUT2D eigenvalue weighted by Gasteiger charge is 2.28. The molecule has 110 valence electrons. The van der Waals surface area contributed by atoms with Crippen LogP contribution in [0.3, 0.4) is 0 Å². The summed E-state index contributed by atoms with van der Waals surface area (Å²) in [5.41, 5.74) is 0. The largest absolute Gasteiger partial charge is 0.338 e. The van der Waals surface area contributed by atoms with Crippen LogP contribution in [0.25, 0.3) is 0 Å². The molecule has 1 aliphatic rings. The van der Waals surface area contributed by atoms with Gasteiger partial charge in [-0.2, -0.15) is 5.10 Å². The first kappa shape index (κ1) is 18.2. The molecule has 3 unspecified atom stereocenters. The van der Waals surface area contributed by atoms with E-state index >= 15 is 0 Å². The summed E-state index contributed by atoms with van der Waals surface area (Å²) in [6.45, 7) is 7.65. The molecule has 0 saturated carbocycles. The van der Waals surface area contributed by atoms with Gasteiger partial charge in [-0.3, -0.25) is 9.48 Å². The maximum absolute atomic E-state index is 12.3. The third-order valence-corrected chi connectivity index (χ3v) is 3.15. The van der Waals surface area contributed by atoms with E-state index in [1.165, 1.54) is 0 Å². The minimum atomic E-state index is -0.220. The minimum Gasteiger partial charge on any atom is -0.338 e. The number of hydrogen-bond donors (Lipinski definition) is 1. The Balaban J connectivity index is 0.00000162. The van der Waals surface area contributed by atoms with Gasteiger partial charge in [0.15, 0.2) is 0 Å². The molecule has 7 heteroatoms. The second-order valence-corrected chi connectivity index (χ2v) is 4.87. The molecule has 0 aliphatic carbocycles. The van der Waals surface area contributed by atoms with Crippen LogP contribution in [0.2, 0.25) is 0 Å². The van der Waals surface area contributed by atoms with Gasteiger partial charge < -0.3 is 10.2 Å². The molecule has 19 heavy (non-hydrogen) atoms. The fourth-order valence-corrected chi connectivity index (χ4v) is 2.39. The summed E-state index contributed by atoms with van der Waals surface area (Å²) >= 11 is 0. The Morgan fingerprint density at radius 1 is 1.32 bits per heavy atom. The fraction of sp³-hybridized carbons (Fsp3) is 0.667. The Morgan fingerprint density at radius 2 is 1.89 bits per heavy atom. The second kappa shape index (κ2) is 7.72. The van der Waals surface area contributed by atoms with E-state index < -0.39 is 0 Å². The summed E-state index contributed by atoms with van der Waals surface area (Å²) in [4.78, 5) is 14.3. The van der Waals surface area contributed by atoms with Crippen molar-refractivity contribution in [3.63, 3.8) is 0 Å². The lowest BCUT2D eigenvalue weighted by molar-refractivity contribution is -0.136. The van der Waals surface area contributed by atoms with Crippen molar-refractivity contribution in [1.29, 1.82) is 0 Å². The van der Waals surface area contributed by atoms with Crippen LogP contribution in [-0.2, 0) is 4.79 Å². The molecule has 1 N–H and O–H groups in total. The van der Waals surface area contributed by atoms with Gasteiger partial charge in [0.1, 0.15) is 6.04 Å². The van der Waals surface area contributed by atoms with Gasteiger partial charge in [-0.25, -0.2) is 0 Å². The third-order valence-electron chi connectivity index (χ3n) is 3.15. The van der Waals surface area contributed by atoms with Gasteiger partial charge >= 0.3 is 0 Å². The highest BCUT2D eigenvalue weighted by Crippen LogP contribution is 2.12. The first-order valence-corrected chi connectivity index (χ1v) is 6.12. The smallest absolute Gasteiger partial charge is 0.247 e. The Morgan fingerprint density at radius 3 is 2.37 bits per heavy atom. The van der Waals surface area contributed by atoms with Crippen molar-refractivity contribution in [3.8, 4) is 0 Å². The van der Waals surface area contributed by atoms with Crippen LogP contribution in [0, 0.1) is 0 Å². The molecule has 1 amide bonds. The molecule has 1 fully saturated rings. The monoisotopic (exact) mass is 308 g/mol. The first-order chi connectivity index (χ1) is 8.08. The highest BCUT2D eigenvalue weighted by atomic mass is 35.5. The summed E-state index contributed by atoms with van der Waals surface area (Å²) in [6.07, 6.45) is 3.53. The third kappa shape index (κ3) is 4.37. The average Bonchev–Trinajstić information content (AvgIpc) is 2.79. The number of amides is 1. The zero-order chi connectivity index (χ0) is 12.4. The minimum absolute atomic E-state index is 0. The molecule has 1 aliphatic heterocycles. The summed E-state index contributed by atoms with van der Waals surface area (Å²) in [6, 6.07) is 2.33. The molecule has 2 rings (SSSR count). The molecular formula is C12H22Cl2N4O. The Labute approximate surface area is 126 Å². The van der Waals surface area contributed by atoms with Crippen LogP contribution in [0.4, 0.5) is 0 Å². The molecule has 5 nitrogen and oxygen atoms in total. The van der Waals surface area contributed by atoms with Gasteiger partial charge in [-0.15, -0.1) is 24.8 Å². The Hall–Kier alpha value is -0.780. The molecule has 1 aromatic rings. The number of nitrogens with zero attached hydrogens (tertiary/aromatic N) is 3. The van der Waals surface area contributed by atoms with E-state index in [9.17, 15) is 4.79 Å². The molecule has 3 atom stereocenters. The van der Waals surface area contributed by atoms with Crippen LogP contribution < -0.4 is 5.32 Å². The van der Waals surface area contributed by atoms with E-state index in [-0.39, 0.29) is 36.8 Å². The number of nitrogens with one attached hydrogen (secondary N) is 1. The molecule has 0 spiro atoms. The van der Waals surface area contributed by atoms with E-state index in [2.05, 4.69) is 24.3 Å². The number of aromatic nitrogens is 2. The van der Waals surface area contributed by atoms with Crippen LogP contribution in [0.5, 0.6) is 0 Å². The van der Waals surface area contributed by atoms with E-state index in [0.29, 0.717) is 12.1 Å². The van der Waals surface area contributed by atoms with Gasteiger partial charge in [0.2, 0.25) is 5.91 Å². The van der Waals surface area contributed by atoms with E-state index in [1.807, 2.05) is 24.1 Å². The van der Waals surface area contributed by atoms with Crippen LogP contribution >= 0.6 is 24.8 Å². The second-order valence-electron chi connectivity index (χ2n) is 4.87. The summed E-state index contributed by atoms with van der Waals surface area (Å²) in [5, 5.41) is 7.55. The van der Waals surface area contributed by atoms with Gasteiger partial charge in [-0.1, -0.05) is 0 Å². The van der Waals surface area contributed by atoms with Crippen molar-refractivity contribution in [2.75, 3.05) is 13.1 Å². The number of piperazine rings is 1. The first-order valence-electron chi connectivity index (χ1n) is 6.12. The van der Waals surface area contributed by atoms with Crippen LogP contribution in [0.15, 0.2) is 18.5 Å². The number of rotatable bonds is 2. The van der Waals surface area contributed by atoms with Crippen molar-refractivity contribution < 1.29 is 4.79 Å². The average molecular weight is 309 g/mol. The Bertz CT molecular complexity index is 375. The number of carbonyl (C=O) groups is 1. The van der Waals surface area contributed by atoms with Crippen LogP contribution in [0.1, 0.15) is 26.8 Å². The van der Waals surface area contributed by atoms with E-state index in [1.54, 1.807) is 10.9 Å². The SMILES string of the molecule is CC1CN(C(=O)C(C)n2cccn2)CC(C)N1.Cl.Cl. The summed E-state index contributed by atoms with van der Waals surface area (Å²) < 4.78 is 1.71. The lowest BCUT2D eigenvalue weighted by Gasteiger charge is -2.37. The van der Waals surface area contributed by atoms with Crippen LogP contribution in [-0.4, -0.2) is 45.8 Å². The molecule has 1 saturated heterocycles. The maximum Gasteiger partial charge on any atom is 0.247 e. The lowest BCUT2D eigenvalue weighted by Crippen LogP contribution is -2.56.